The Morgan fingerprint density at radius 3 is 2.35 bits per heavy atom. The van der Waals surface area contributed by atoms with Crippen LogP contribution in [0.4, 0.5) is 0 Å². The zero-order valence-corrected chi connectivity index (χ0v) is 11.9. The Morgan fingerprint density at radius 1 is 1.12 bits per heavy atom. The van der Waals surface area contributed by atoms with Gasteiger partial charge in [-0.3, -0.25) is 0 Å². The molecule has 0 atom stereocenters. The molecule has 2 rings (SSSR count). The molecule has 3 heteroatoms. The molecule has 0 amide bonds. The van der Waals surface area contributed by atoms with E-state index >= 15 is 0 Å². The van der Waals surface area contributed by atoms with Crippen molar-refractivity contribution in [3.8, 4) is 5.69 Å². The van der Waals surface area contributed by atoms with Crippen molar-refractivity contribution in [3.63, 3.8) is 0 Å². The summed E-state index contributed by atoms with van der Waals surface area (Å²) in [5.41, 5.74) is 4.86. The highest BCUT2D eigenvalue weighted by atomic mass is 79.9. The first-order chi connectivity index (χ1) is 8.28. The van der Waals surface area contributed by atoms with Crippen LogP contribution in [-0.4, -0.2) is 9.78 Å². The zero-order valence-electron chi connectivity index (χ0n) is 10.3. The second-order valence-corrected chi connectivity index (χ2v) is 4.61. The SMILES string of the molecule is CCc1cc(CC)n(-c2ccc(CBr)cc2)n1. The van der Waals surface area contributed by atoms with Crippen molar-refractivity contribution in [3.05, 3.63) is 47.3 Å². The molecule has 0 spiro atoms. The number of halogens is 1. The normalized spacial score (nSPS) is 10.8. The molecule has 0 aliphatic heterocycles. The number of hydrogen-bond donors (Lipinski definition) is 0. The number of benzene rings is 1. The van der Waals surface area contributed by atoms with Crippen molar-refractivity contribution < 1.29 is 0 Å². The van der Waals surface area contributed by atoms with Crippen LogP contribution in [0.25, 0.3) is 5.69 Å². The molecule has 0 radical (unpaired) electrons. The summed E-state index contributed by atoms with van der Waals surface area (Å²) in [5.74, 6) is 0. The molecule has 90 valence electrons. The maximum atomic E-state index is 4.63. The highest BCUT2D eigenvalue weighted by molar-refractivity contribution is 9.08. The summed E-state index contributed by atoms with van der Waals surface area (Å²) in [6.45, 7) is 4.31. The minimum Gasteiger partial charge on any atom is -0.238 e. The van der Waals surface area contributed by atoms with Crippen molar-refractivity contribution in [2.45, 2.75) is 32.0 Å². The van der Waals surface area contributed by atoms with Crippen molar-refractivity contribution in [2.24, 2.45) is 0 Å². The molecule has 1 heterocycles. The van der Waals surface area contributed by atoms with E-state index in [4.69, 9.17) is 0 Å². The predicted octanol–water partition coefficient (Wildman–Crippen LogP) is 3.89. The van der Waals surface area contributed by atoms with Gasteiger partial charge in [-0.1, -0.05) is 41.9 Å². The number of aryl methyl sites for hydroxylation is 2. The highest BCUT2D eigenvalue weighted by Gasteiger charge is 2.06. The summed E-state index contributed by atoms with van der Waals surface area (Å²) in [5, 5.41) is 5.53. The Labute approximate surface area is 111 Å². The number of rotatable bonds is 4. The molecule has 1 aromatic heterocycles. The Hall–Kier alpha value is -1.09. The second kappa shape index (κ2) is 5.50. The Balaban J connectivity index is 2.40. The molecular formula is C14H17BrN2. The Kier molecular flexibility index (Phi) is 4.00. The molecule has 2 nitrogen and oxygen atoms in total. The van der Waals surface area contributed by atoms with E-state index in [0.29, 0.717) is 0 Å². The van der Waals surface area contributed by atoms with Crippen LogP contribution >= 0.6 is 15.9 Å². The van der Waals surface area contributed by atoms with E-state index in [0.717, 1.165) is 29.6 Å². The van der Waals surface area contributed by atoms with Gasteiger partial charge in [-0.15, -0.1) is 0 Å². The quantitative estimate of drug-likeness (QED) is 0.782. The van der Waals surface area contributed by atoms with Gasteiger partial charge < -0.3 is 0 Å². The maximum Gasteiger partial charge on any atom is 0.0649 e. The van der Waals surface area contributed by atoms with Crippen LogP contribution in [0.5, 0.6) is 0 Å². The van der Waals surface area contributed by atoms with Crippen molar-refractivity contribution in [2.75, 3.05) is 0 Å². The first-order valence-corrected chi connectivity index (χ1v) is 7.13. The first kappa shape index (κ1) is 12.4. The third-order valence-corrected chi connectivity index (χ3v) is 3.54. The molecule has 0 bridgehead atoms. The topological polar surface area (TPSA) is 17.8 Å². The maximum absolute atomic E-state index is 4.63. The molecular weight excluding hydrogens is 276 g/mol. The lowest BCUT2D eigenvalue weighted by Crippen LogP contribution is -2.01. The van der Waals surface area contributed by atoms with Crippen LogP contribution < -0.4 is 0 Å². The minimum atomic E-state index is 0.896. The van der Waals surface area contributed by atoms with Gasteiger partial charge in [0.2, 0.25) is 0 Å². The van der Waals surface area contributed by atoms with E-state index in [1.807, 2.05) is 0 Å². The van der Waals surface area contributed by atoms with Gasteiger partial charge in [-0.05, 0) is 36.6 Å². The van der Waals surface area contributed by atoms with Crippen molar-refractivity contribution in [1.82, 2.24) is 9.78 Å². The number of aromatic nitrogens is 2. The van der Waals surface area contributed by atoms with Gasteiger partial charge in [-0.2, -0.15) is 5.10 Å². The van der Waals surface area contributed by atoms with Gasteiger partial charge in [-0.25, -0.2) is 4.68 Å². The smallest absolute Gasteiger partial charge is 0.0649 e. The largest absolute Gasteiger partial charge is 0.238 e. The molecule has 17 heavy (non-hydrogen) atoms. The summed E-state index contributed by atoms with van der Waals surface area (Å²) in [7, 11) is 0. The predicted molar refractivity (Wildman–Crippen MR) is 75.0 cm³/mol. The van der Waals surface area contributed by atoms with Crippen LogP contribution in [-0.2, 0) is 18.2 Å². The molecule has 0 aliphatic rings. The number of hydrogen-bond acceptors (Lipinski definition) is 1. The highest BCUT2D eigenvalue weighted by Crippen LogP contribution is 2.15. The van der Waals surface area contributed by atoms with Crippen molar-refractivity contribution >= 4 is 15.9 Å². The monoisotopic (exact) mass is 292 g/mol. The van der Waals surface area contributed by atoms with Crippen LogP contribution in [0, 0.1) is 0 Å². The second-order valence-electron chi connectivity index (χ2n) is 4.05. The van der Waals surface area contributed by atoms with Crippen LogP contribution in [0.3, 0.4) is 0 Å². The van der Waals surface area contributed by atoms with Gasteiger partial charge in [0.25, 0.3) is 0 Å². The lowest BCUT2D eigenvalue weighted by atomic mass is 10.2. The van der Waals surface area contributed by atoms with E-state index in [-0.39, 0.29) is 0 Å². The fourth-order valence-corrected chi connectivity index (χ4v) is 2.22. The average Bonchev–Trinajstić information content (AvgIpc) is 2.82. The summed E-state index contributed by atoms with van der Waals surface area (Å²) in [6, 6.07) is 10.7. The van der Waals surface area contributed by atoms with E-state index in [9.17, 15) is 0 Å². The lowest BCUT2D eigenvalue weighted by Gasteiger charge is -2.06. The molecule has 0 fully saturated rings. The Bertz CT molecular complexity index is 485. The van der Waals surface area contributed by atoms with Gasteiger partial charge in [0.15, 0.2) is 0 Å². The third-order valence-electron chi connectivity index (χ3n) is 2.89. The van der Waals surface area contributed by atoms with Crippen molar-refractivity contribution in [1.29, 1.82) is 0 Å². The molecule has 0 saturated carbocycles. The molecule has 0 unspecified atom stereocenters. The van der Waals surface area contributed by atoms with Gasteiger partial charge in [0.1, 0.15) is 0 Å². The standard InChI is InChI=1S/C14H17BrN2/c1-3-12-9-13(4-2)17(16-12)14-7-5-11(10-15)6-8-14/h5-9H,3-4,10H2,1-2H3. The van der Waals surface area contributed by atoms with Crippen LogP contribution in [0.1, 0.15) is 30.8 Å². The zero-order chi connectivity index (χ0) is 12.3. The average molecular weight is 293 g/mol. The van der Waals surface area contributed by atoms with Crippen LogP contribution in [0.2, 0.25) is 0 Å². The number of nitrogens with zero attached hydrogens (tertiary/aromatic N) is 2. The Morgan fingerprint density at radius 2 is 1.82 bits per heavy atom. The summed E-state index contributed by atoms with van der Waals surface area (Å²) >= 11 is 3.46. The van der Waals surface area contributed by atoms with Crippen LogP contribution in [0.15, 0.2) is 30.3 Å². The summed E-state index contributed by atoms with van der Waals surface area (Å²) < 4.78 is 2.05. The van der Waals surface area contributed by atoms with Gasteiger partial charge in [0, 0.05) is 11.0 Å². The van der Waals surface area contributed by atoms with E-state index in [1.54, 1.807) is 0 Å². The molecule has 0 aliphatic carbocycles. The molecule has 2 aromatic rings. The summed E-state index contributed by atoms with van der Waals surface area (Å²) in [4.78, 5) is 0. The van der Waals surface area contributed by atoms with E-state index in [1.165, 1.54) is 11.3 Å². The molecule has 1 aromatic carbocycles. The molecule has 0 saturated heterocycles. The number of alkyl halides is 1. The lowest BCUT2D eigenvalue weighted by molar-refractivity contribution is 0.794. The first-order valence-electron chi connectivity index (χ1n) is 6.01. The summed E-state index contributed by atoms with van der Waals surface area (Å²) in [6.07, 6.45) is 1.99. The van der Waals surface area contributed by atoms with E-state index < -0.39 is 0 Å². The fourth-order valence-electron chi connectivity index (χ4n) is 1.85. The fraction of sp³-hybridized carbons (Fsp3) is 0.357. The third kappa shape index (κ3) is 2.60. The molecule has 0 N–H and O–H groups in total. The minimum absolute atomic E-state index is 0.896. The van der Waals surface area contributed by atoms with Gasteiger partial charge in [0.05, 0.1) is 11.4 Å². The van der Waals surface area contributed by atoms with E-state index in [2.05, 4.69) is 69.9 Å². The van der Waals surface area contributed by atoms with Gasteiger partial charge >= 0.3 is 0 Å².